The van der Waals surface area contributed by atoms with E-state index in [0.29, 0.717) is 0 Å². The summed E-state index contributed by atoms with van der Waals surface area (Å²) in [5.74, 6) is 0. The molecule has 120 valence electrons. The Hall–Kier alpha value is -1.45. The fourth-order valence-electron chi connectivity index (χ4n) is 3.88. The third-order valence-electron chi connectivity index (χ3n) is 4.78. The van der Waals surface area contributed by atoms with Gasteiger partial charge in [0.05, 0.1) is 0 Å². The van der Waals surface area contributed by atoms with Gasteiger partial charge >= 0.3 is 128 Å². The molecule has 0 bridgehead atoms. The molecule has 1 aliphatic heterocycles. The molecule has 0 radical (unpaired) electrons. The fourth-order valence-corrected chi connectivity index (χ4v) is 7.03. The topological polar surface area (TPSA) is 46.1 Å². The Balaban J connectivity index is 0.000000396. The first-order valence-corrected chi connectivity index (χ1v) is 9.87. The second-order valence-corrected chi connectivity index (χ2v) is 8.23. The first-order chi connectivity index (χ1) is 11.9. The number of fused-ring (bicyclic) bond motifs is 6. The van der Waals surface area contributed by atoms with E-state index in [1.807, 2.05) is 0 Å². The van der Waals surface area contributed by atoms with Gasteiger partial charge in [0.2, 0.25) is 0 Å². The van der Waals surface area contributed by atoms with Gasteiger partial charge in [-0.1, -0.05) is 0 Å². The summed E-state index contributed by atoms with van der Waals surface area (Å²) in [6, 6.07) is 18.0. The molecule has 3 aliphatic rings. The van der Waals surface area contributed by atoms with Crippen molar-refractivity contribution in [2.45, 2.75) is 14.9 Å². The van der Waals surface area contributed by atoms with E-state index in [1.54, 1.807) is 22.3 Å². The Morgan fingerprint density at radius 1 is 0.708 bits per heavy atom. The van der Waals surface area contributed by atoms with E-state index in [0.717, 1.165) is 22.7 Å². The summed E-state index contributed by atoms with van der Waals surface area (Å²) in [5.41, 5.74) is 9.52. The molecule has 2 aromatic rings. The molecule has 5 rings (SSSR count). The van der Waals surface area contributed by atoms with Crippen molar-refractivity contribution in [3.8, 4) is 0 Å². The van der Waals surface area contributed by atoms with Crippen LogP contribution in [-0.4, -0.2) is 14.2 Å². The number of hydrogen-bond donors (Lipinski definition) is 0. The Morgan fingerprint density at radius 3 is 1.58 bits per heavy atom. The van der Waals surface area contributed by atoms with Crippen LogP contribution >= 0.6 is 0 Å². The molecule has 0 N–H and O–H groups in total. The van der Waals surface area contributed by atoms with Crippen LogP contribution in [0.2, 0.25) is 0 Å². The SMILES string of the molecule is C1=C2CC3=Cc4ccccc4[CH]3[Ti+2][CH]2c2ccccc21.C[O-].C[O-]. The van der Waals surface area contributed by atoms with Gasteiger partial charge in [0.25, 0.3) is 0 Å². The van der Waals surface area contributed by atoms with Crippen molar-refractivity contribution in [1.82, 2.24) is 0 Å². The number of allylic oxidation sites excluding steroid dienone is 2. The van der Waals surface area contributed by atoms with Crippen LogP contribution in [-0.2, 0) is 19.2 Å². The summed E-state index contributed by atoms with van der Waals surface area (Å²) in [6.07, 6.45) is 6.12. The van der Waals surface area contributed by atoms with Gasteiger partial charge in [0.15, 0.2) is 0 Å². The molecule has 0 saturated carbocycles. The molecule has 0 spiro atoms. The minimum atomic E-state index is -0.0431. The zero-order chi connectivity index (χ0) is 17.1. The van der Waals surface area contributed by atoms with E-state index in [2.05, 4.69) is 60.7 Å². The van der Waals surface area contributed by atoms with Gasteiger partial charge in [-0.2, -0.15) is 14.2 Å². The average Bonchev–Trinajstić information content (AvgIpc) is 3.20. The van der Waals surface area contributed by atoms with Crippen molar-refractivity contribution in [1.29, 1.82) is 0 Å². The van der Waals surface area contributed by atoms with Crippen LogP contribution in [0.15, 0.2) is 59.7 Å². The quantitative estimate of drug-likeness (QED) is 0.685. The summed E-state index contributed by atoms with van der Waals surface area (Å²) in [4.78, 5) is 0. The van der Waals surface area contributed by atoms with Gasteiger partial charge in [-0.25, -0.2) is 0 Å². The summed E-state index contributed by atoms with van der Waals surface area (Å²) >= 11 is -0.0431. The Bertz CT molecular complexity index is 726. The maximum atomic E-state index is 8.25. The van der Waals surface area contributed by atoms with E-state index in [1.165, 1.54) is 17.5 Å². The Labute approximate surface area is 152 Å². The smallest absolute Gasteiger partial charge is 0.153 e. The van der Waals surface area contributed by atoms with Crippen LogP contribution < -0.4 is 10.2 Å². The molecule has 2 nitrogen and oxygen atoms in total. The fraction of sp³-hybridized carbons (Fsp3) is 0.238. The van der Waals surface area contributed by atoms with Gasteiger partial charge in [0, 0.05) is 0 Å². The average molecular weight is 352 g/mol. The molecular formula is C21H20O2Ti. The zero-order valence-corrected chi connectivity index (χ0v) is 15.5. The molecular weight excluding hydrogens is 332 g/mol. The van der Waals surface area contributed by atoms with E-state index < -0.39 is 0 Å². The molecule has 1 fully saturated rings. The van der Waals surface area contributed by atoms with E-state index in [4.69, 9.17) is 10.2 Å². The van der Waals surface area contributed by atoms with Crippen LogP contribution in [0.4, 0.5) is 0 Å². The summed E-state index contributed by atoms with van der Waals surface area (Å²) in [7, 11) is 1.50. The summed E-state index contributed by atoms with van der Waals surface area (Å²) in [6.45, 7) is 0. The van der Waals surface area contributed by atoms with E-state index in [9.17, 15) is 0 Å². The number of benzene rings is 2. The van der Waals surface area contributed by atoms with Gasteiger partial charge < -0.3 is 10.2 Å². The molecule has 3 heteroatoms. The third kappa shape index (κ3) is 2.85. The van der Waals surface area contributed by atoms with Gasteiger partial charge in [-0.3, -0.25) is 0 Å². The molecule has 2 aromatic carbocycles. The van der Waals surface area contributed by atoms with E-state index in [-0.39, 0.29) is 19.2 Å². The molecule has 1 heterocycles. The van der Waals surface area contributed by atoms with Gasteiger partial charge in [0.1, 0.15) is 0 Å². The summed E-state index contributed by atoms with van der Waals surface area (Å²) < 4.78 is 1.55. The Morgan fingerprint density at radius 2 is 1.12 bits per heavy atom. The number of hydrogen-bond acceptors (Lipinski definition) is 2. The molecule has 2 aliphatic carbocycles. The van der Waals surface area contributed by atoms with Crippen LogP contribution in [0.5, 0.6) is 0 Å². The minimum absolute atomic E-state index is 0.0431. The molecule has 24 heavy (non-hydrogen) atoms. The van der Waals surface area contributed by atoms with Gasteiger partial charge in [-0.05, 0) is 0 Å². The monoisotopic (exact) mass is 352 g/mol. The Kier molecular flexibility index (Phi) is 5.52. The van der Waals surface area contributed by atoms with Crippen molar-refractivity contribution < 1.29 is 29.4 Å². The number of rotatable bonds is 0. The van der Waals surface area contributed by atoms with Crippen molar-refractivity contribution in [3.63, 3.8) is 0 Å². The van der Waals surface area contributed by atoms with E-state index >= 15 is 0 Å². The standard InChI is InChI=1S/C19H14.2CH3O.Ti/c1-2-6-17-11-14(10-16(17)5-1)9-15-12-18-7-3-4-8-19(18)13-15;2*1-2;/h1-8,10-13H,9H2;2*1H3;/q;2*-1;+2. The molecule has 2 unspecified atom stereocenters. The maximum Gasteiger partial charge on any atom is -0.153 e. The first kappa shape index (κ1) is 17.4. The molecule has 0 aromatic heterocycles. The van der Waals surface area contributed by atoms with Crippen LogP contribution in [0, 0.1) is 0 Å². The molecule has 0 amide bonds. The van der Waals surface area contributed by atoms with Crippen LogP contribution in [0.1, 0.15) is 37.1 Å². The van der Waals surface area contributed by atoms with Crippen molar-refractivity contribution in [3.05, 3.63) is 81.9 Å². The second kappa shape index (κ2) is 7.63. The predicted molar refractivity (Wildman–Crippen MR) is 90.8 cm³/mol. The molecule has 2 atom stereocenters. The summed E-state index contributed by atoms with van der Waals surface area (Å²) in [5, 5.41) is 16.5. The van der Waals surface area contributed by atoms with Crippen molar-refractivity contribution >= 4 is 12.2 Å². The normalized spacial score (nSPS) is 20.8. The largest absolute Gasteiger partial charge is 0.857 e. The van der Waals surface area contributed by atoms with Crippen molar-refractivity contribution in [2.75, 3.05) is 14.2 Å². The van der Waals surface area contributed by atoms with Crippen molar-refractivity contribution in [2.24, 2.45) is 0 Å². The third-order valence-corrected chi connectivity index (χ3v) is 7.95. The van der Waals surface area contributed by atoms with Crippen LogP contribution in [0.3, 0.4) is 0 Å². The predicted octanol–water partition coefficient (Wildman–Crippen LogP) is 2.70. The first-order valence-electron chi connectivity index (χ1n) is 8.07. The zero-order valence-electron chi connectivity index (χ0n) is 14.0. The van der Waals surface area contributed by atoms with Crippen LogP contribution in [0.25, 0.3) is 12.2 Å². The van der Waals surface area contributed by atoms with Gasteiger partial charge in [-0.15, -0.1) is 0 Å². The maximum absolute atomic E-state index is 8.25. The minimum Gasteiger partial charge on any atom is -0.857 e. The second-order valence-electron chi connectivity index (χ2n) is 5.91. The molecule has 1 saturated heterocycles.